The molecule has 1 aromatic heterocycles. The zero-order valence-corrected chi connectivity index (χ0v) is 15.8. The summed E-state index contributed by atoms with van der Waals surface area (Å²) in [5.41, 5.74) is -0.597. The summed E-state index contributed by atoms with van der Waals surface area (Å²) in [6.07, 6.45) is -5.02. The second-order valence-corrected chi connectivity index (χ2v) is 6.81. The van der Waals surface area contributed by atoms with Gasteiger partial charge in [-0.15, -0.1) is 0 Å². The zero-order chi connectivity index (χ0) is 22.7. The summed E-state index contributed by atoms with van der Waals surface area (Å²) in [4.78, 5) is 31.9. The van der Waals surface area contributed by atoms with Crippen LogP contribution in [0.25, 0.3) is 0 Å². The SMILES string of the molecule is COC(=O)c1ccc(F)cc1S(=O)(=O)NC(=O)Nc1nc(OC)nc(C(F)(F)F)n1. The van der Waals surface area contributed by atoms with Crippen LogP contribution in [0.3, 0.4) is 0 Å². The van der Waals surface area contributed by atoms with Crippen molar-refractivity contribution in [2.24, 2.45) is 0 Å². The summed E-state index contributed by atoms with van der Waals surface area (Å²) in [5, 5.41) is 1.65. The van der Waals surface area contributed by atoms with E-state index in [1.807, 2.05) is 0 Å². The first-order valence-electron chi connectivity index (χ1n) is 7.46. The second kappa shape index (κ2) is 8.44. The number of amides is 2. The van der Waals surface area contributed by atoms with E-state index in [9.17, 15) is 35.6 Å². The first-order valence-corrected chi connectivity index (χ1v) is 8.94. The van der Waals surface area contributed by atoms with Gasteiger partial charge in [-0.25, -0.2) is 27.1 Å². The molecule has 0 aliphatic carbocycles. The van der Waals surface area contributed by atoms with Crippen LogP contribution in [0.4, 0.5) is 28.3 Å². The largest absolute Gasteiger partial charge is 0.467 e. The molecule has 2 aromatic rings. The van der Waals surface area contributed by atoms with Crippen molar-refractivity contribution in [3.63, 3.8) is 0 Å². The molecule has 0 saturated carbocycles. The van der Waals surface area contributed by atoms with Crippen LogP contribution in [0.15, 0.2) is 23.1 Å². The molecule has 1 aromatic carbocycles. The number of methoxy groups -OCH3 is 2. The van der Waals surface area contributed by atoms with Gasteiger partial charge in [0.15, 0.2) is 0 Å². The number of esters is 1. The highest BCUT2D eigenvalue weighted by atomic mass is 32.2. The van der Waals surface area contributed by atoms with Crippen molar-refractivity contribution in [1.82, 2.24) is 19.7 Å². The lowest BCUT2D eigenvalue weighted by molar-refractivity contribution is -0.145. The van der Waals surface area contributed by atoms with Gasteiger partial charge in [-0.2, -0.15) is 28.1 Å². The minimum Gasteiger partial charge on any atom is -0.467 e. The molecule has 0 unspecified atom stereocenters. The van der Waals surface area contributed by atoms with Gasteiger partial charge < -0.3 is 9.47 Å². The standard InChI is InChI=1S/C14H11F4N5O6S/c1-28-9(24)7-4-3-6(15)5-8(7)30(26,27)23-12(25)21-11-19-10(14(16,17)18)20-13(22-11)29-2/h3-5H,1-2H3,(H2,19,20,21,22,23,25). The van der Waals surface area contributed by atoms with Gasteiger partial charge in [0.25, 0.3) is 10.0 Å². The van der Waals surface area contributed by atoms with E-state index in [0.29, 0.717) is 6.07 Å². The van der Waals surface area contributed by atoms with Crippen molar-refractivity contribution in [3.8, 4) is 6.01 Å². The predicted molar refractivity (Wildman–Crippen MR) is 88.5 cm³/mol. The fourth-order valence-electron chi connectivity index (χ4n) is 1.93. The number of carbonyl (C=O) groups is 2. The first kappa shape index (κ1) is 22.7. The maximum atomic E-state index is 13.5. The molecule has 1 heterocycles. The van der Waals surface area contributed by atoms with Crippen LogP contribution in [0.1, 0.15) is 16.2 Å². The molecule has 30 heavy (non-hydrogen) atoms. The number of halogens is 4. The van der Waals surface area contributed by atoms with Gasteiger partial charge in [0, 0.05) is 0 Å². The van der Waals surface area contributed by atoms with Gasteiger partial charge in [-0.1, -0.05) is 0 Å². The van der Waals surface area contributed by atoms with E-state index in [0.717, 1.165) is 26.4 Å². The summed E-state index contributed by atoms with van der Waals surface area (Å²) in [6, 6.07) is -0.401. The molecular formula is C14H11F4N5O6S. The quantitative estimate of drug-likeness (QED) is 0.505. The number of sulfonamides is 1. The number of rotatable bonds is 5. The molecule has 0 bridgehead atoms. The van der Waals surface area contributed by atoms with Crippen molar-refractivity contribution in [2.75, 3.05) is 19.5 Å². The Morgan fingerprint density at radius 3 is 2.33 bits per heavy atom. The maximum absolute atomic E-state index is 13.5. The molecule has 162 valence electrons. The molecule has 0 fully saturated rings. The van der Waals surface area contributed by atoms with Crippen molar-refractivity contribution >= 4 is 28.0 Å². The average Bonchev–Trinajstić information content (AvgIpc) is 2.65. The van der Waals surface area contributed by atoms with Crippen LogP contribution in [0.2, 0.25) is 0 Å². The highest BCUT2D eigenvalue weighted by Gasteiger charge is 2.36. The lowest BCUT2D eigenvalue weighted by atomic mass is 10.2. The van der Waals surface area contributed by atoms with Gasteiger partial charge in [-0.3, -0.25) is 5.32 Å². The van der Waals surface area contributed by atoms with Gasteiger partial charge in [0.1, 0.15) is 10.7 Å². The van der Waals surface area contributed by atoms with Crippen molar-refractivity contribution in [2.45, 2.75) is 11.1 Å². The number of ether oxygens (including phenoxy) is 2. The van der Waals surface area contributed by atoms with Gasteiger partial charge in [0.2, 0.25) is 11.8 Å². The number of urea groups is 1. The van der Waals surface area contributed by atoms with Gasteiger partial charge in [-0.05, 0) is 18.2 Å². The molecule has 2 rings (SSSR count). The first-order chi connectivity index (χ1) is 13.9. The Morgan fingerprint density at radius 1 is 1.10 bits per heavy atom. The van der Waals surface area contributed by atoms with E-state index in [1.165, 1.54) is 4.72 Å². The van der Waals surface area contributed by atoms with Crippen molar-refractivity contribution in [3.05, 3.63) is 35.4 Å². The van der Waals surface area contributed by atoms with Gasteiger partial charge >= 0.3 is 24.2 Å². The Labute approximate surface area is 165 Å². The van der Waals surface area contributed by atoms with Crippen LogP contribution < -0.4 is 14.8 Å². The van der Waals surface area contributed by atoms with Gasteiger partial charge in [0.05, 0.1) is 19.8 Å². The number of nitrogens with one attached hydrogen (secondary N) is 2. The van der Waals surface area contributed by atoms with E-state index in [2.05, 4.69) is 24.4 Å². The summed E-state index contributed by atoms with van der Waals surface area (Å²) in [7, 11) is -2.98. The van der Waals surface area contributed by atoms with E-state index < -0.39 is 62.3 Å². The van der Waals surface area contributed by atoms with E-state index >= 15 is 0 Å². The molecule has 0 atom stereocenters. The van der Waals surface area contributed by atoms with Crippen molar-refractivity contribution < 1.29 is 45.0 Å². The zero-order valence-electron chi connectivity index (χ0n) is 14.9. The molecule has 2 N–H and O–H groups in total. The molecule has 16 heteroatoms. The number of anilines is 1. The van der Waals surface area contributed by atoms with Crippen LogP contribution >= 0.6 is 0 Å². The molecule has 0 aliphatic heterocycles. The van der Waals surface area contributed by atoms with E-state index in [4.69, 9.17) is 0 Å². The molecule has 0 radical (unpaired) electrons. The maximum Gasteiger partial charge on any atom is 0.451 e. The predicted octanol–water partition coefficient (Wildman–Crippen LogP) is 1.34. The fraction of sp³-hybridized carbons (Fsp3) is 0.214. The van der Waals surface area contributed by atoms with E-state index in [1.54, 1.807) is 5.32 Å². The molecule has 11 nitrogen and oxygen atoms in total. The highest BCUT2D eigenvalue weighted by Crippen LogP contribution is 2.27. The third-order valence-corrected chi connectivity index (χ3v) is 4.51. The highest BCUT2D eigenvalue weighted by molar-refractivity contribution is 7.90. The Hall–Kier alpha value is -3.56. The monoisotopic (exact) mass is 453 g/mol. The Kier molecular flexibility index (Phi) is 6.39. The normalized spacial score (nSPS) is 11.5. The minimum absolute atomic E-state index is 0.440. The average molecular weight is 453 g/mol. The van der Waals surface area contributed by atoms with Crippen LogP contribution in [-0.2, 0) is 20.9 Å². The number of aromatic nitrogens is 3. The summed E-state index contributed by atoms with van der Waals surface area (Å²) in [5.74, 6) is -4.91. The number of hydrogen-bond acceptors (Lipinski definition) is 9. The Bertz CT molecular complexity index is 1090. The number of nitrogens with zero attached hydrogens (tertiary/aromatic N) is 3. The number of carbonyl (C=O) groups excluding carboxylic acids is 2. The van der Waals surface area contributed by atoms with Crippen molar-refractivity contribution in [1.29, 1.82) is 0 Å². The van der Waals surface area contributed by atoms with Crippen LogP contribution in [-0.4, -0.2) is 49.6 Å². The van der Waals surface area contributed by atoms with Crippen LogP contribution in [0, 0.1) is 5.82 Å². The smallest absolute Gasteiger partial charge is 0.451 e. The van der Waals surface area contributed by atoms with Crippen LogP contribution in [0.5, 0.6) is 6.01 Å². The second-order valence-electron chi connectivity index (χ2n) is 5.16. The third-order valence-electron chi connectivity index (χ3n) is 3.14. The molecular weight excluding hydrogens is 442 g/mol. The minimum atomic E-state index is -5.02. The molecule has 0 saturated heterocycles. The van der Waals surface area contributed by atoms with E-state index in [-0.39, 0.29) is 0 Å². The lowest BCUT2D eigenvalue weighted by Gasteiger charge is -2.12. The summed E-state index contributed by atoms with van der Waals surface area (Å²) >= 11 is 0. The molecule has 0 aliphatic rings. The Balaban J connectivity index is 2.33. The summed E-state index contributed by atoms with van der Waals surface area (Å²) in [6.45, 7) is 0. The summed E-state index contributed by atoms with van der Waals surface area (Å²) < 4.78 is 86.8. The number of hydrogen-bond donors (Lipinski definition) is 2. The topological polar surface area (TPSA) is 149 Å². The number of alkyl halides is 3. The Morgan fingerprint density at radius 2 is 1.77 bits per heavy atom. The number of benzene rings is 1. The fourth-order valence-corrected chi connectivity index (χ4v) is 3.05. The molecule has 2 amide bonds. The molecule has 0 spiro atoms. The third kappa shape index (κ3) is 5.28. The lowest BCUT2D eigenvalue weighted by Crippen LogP contribution is -2.36.